The van der Waals surface area contributed by atoms with Gasteiger partial charge >= 0.3 is 16.1 Å². The van der Waals surface area contributed by atoms with Gasteiger partial charge in [-0.3, -0.25) is 0 Å². The first-order valence-corrected chi connectivity index (χ1v) is 7.33. The summed E-state index contributed by atoms with van der Waals surface area (Å²) in [6.45, 7) is -1.19. The van der Waals surface area contributed by atoms with Gasteiger partial charge in [-0.2, -0.15) is 12.8 Å². The predicted molar refractivity (Wildman–Crippen MR) is 65.2 cm³/mol. The number of benzene rings is 1. The Morgan fingerprint density at radius 2 is 1.77 bits per heavy atom. The molecule has 2 N–H and O–H groups in total. The third-order valence-electron chi connectivity index (χ3n) is 2.46. The van der Waals surface area contributed by atoms with Gasteiger partial charge in [-0.25, -0.2) is 13.6 Å². The van der Waals surface area contributed by atoms with Gasteiger partial charge in [0.1, 0.15) is 11.7 Å². The SMILES string of the molecule is COc1c(F)c(F)c(C(O)CO)c(C(=O)OS(C)(=O)=O)c1F. The number of methoxy groups -OCH3 is 1. The summed E-state index contributed by atoms with van der Waals surface area (Å²) in [5.74, 6) is -8.75. The van der Waals surface area contributed by atoms with Crippen molar-refractivity contribution in [3.8, 4) is 5.75 Å². The van der Waals surface area contributed by atoms with Gasteiger partial charge in [0.2, 0.25) is 5.82 Å². The van der Waals surface area contributed by atoms with Gasteiger partial charge in [0.05, 0.1) is 20.0 Å². The lowest BCUT2D eigenvalue weighted by Gasteiger charge is -2.17. The van der Waals surface area contributed by atoms with Crippen LogP contribution in [0, 0.1) is 17.5 Å². The Kier molecular flexibility index (Phi) is 5.38. The van der Waals surface area contributed by atoms with E-state index < -0.39 is 63.1 Å². The molecule has 7 nitrogen and oxygen atoms in total. The summed E-state index contributed by atoms with van der Waals surface area (Å²) in [5, 5.41) is 18.2. The second-order valence-electron chi connectivity index (χ2n) is 4.04. The summed E-state index contributed by atoms with van der Waals surface area (Å²) in [6, 6.07) is 0. The second-order valence-corrected chi connectivity index (χ2v) is 5.61. The summed E-state index contributed by atoms with van der Waals surface area (Å²) in [4.78, 5) is 11.7. The van der Waals surface area contributed by atoms with Crippen LogP contribution >= 0.6 is 0 Å². The average molecular weight is 344 g/mol. The first-order valence-electron chi connectivity index (χ1n) is 5.52. The van der Waals surface area contributed by atoms with Gasteiger partial charge in [0.15, 0.2) is 17.4 Å². The molecule has 124 valence electrons. The van der Waals surface area contributed by atoms with Crippen LogP contribution in [0.3, 0.4) is 0 Å². The zero-order chi connectivity index (χ0) is 17.2. The monoisotopic (exact) mass is 344 g/mol. The van der Waals surface area contributed by atoms with E-state index in [4.69, 9.17) is 5.11 Å². The maximum atomic E-state index is 14.1. The molecule has 0 aliphatic carbocycles. The van der Waals surface area contributed by atoms with E-state index in [1.165, 1.54) is 0 Å². The maximum Gasteiger partial charge on any atom is 0.357 e. The van der Waals surface area contributed by atoms with Crippen molar-refractivity contribution in [1.29, 1.82) is 0 Å². The van der Waals surface area contributed by atoms with Crippen LogP contribution in [0.1, 0.15) is 22.0 Å². The minimum absolute atomic E-state index is 0.460. The third-order valence-corrected chi connectivity index (χ3v) is 2.91. The summed E-state index contributed by atoms with van der Waals surface area (Å²) >= 11 is 0. The molecule has 1 rings (SSSR count). The molecule has 0 saturated carbocycles. The molecule has 11 heteroatoms. The minimum atomic E-state index is -4.40. The Bertz CT molecular complexity index is 702. The van der Waals surface area contributed by atoms with E-state index in [0.717, 1.165) is 7.11 Å². The molecule has 0 spiro atoms. The first kappa shape index (κ1) is 18.2. The van der Waals surface area contributed by atoms with E-state index in [1.807, 2.05) is 0 Å². The van der Waals surface area contributed by atoms with Crippen LogP contribution in [-0.2, 0) is 14.3 Å². The topological polar surface area (TPSA) is 110 Å². The number of hydrogen-bond acceptors (Lipinski definition) is 7. The number of hydrogen-bond donors (Lipinski definition) is 2. The van der Waals surface area contributed by atoms with Crippen molar-refractivity contribution in [2.45, 2.75) is 6.10 Å². The van der Waals surface area contributed by atoms with Crippen LogP contribution in [0.25, 0.3) is 0 Å². The first-order chi connectivity index (χ1) is 10.0. The van der Waals surface area contributed by atoms with Gasteiger partial charge in [-0.1, -0.05) is 0 Å². The summed E-state index contributed by atoms with van der Waals surface area (Å²) in [5.41, 5.74) is -2.69. The van der Waals surface area contributed by atoms with Gasteiger partial charge in [0, 0.05) is 5.56 Å². The smallest absolute Gasteiger partial charge is 0.357 e. The van der Waals surface area contributed by atoms with Crippen molar-refractivity contribution in [1.82, 2.24) is 0 Å². The highest BCUT2D eigenvalue weighted by Crippen LogP contribution is 2.34. The van der Waals surface area contributed by atoms with Gasteiger partial charge in [-0.05, 0) is 0 Å². The molecule has 0 bridgehead atoms. The van der Waals surface area contributed by atoms with Crippen molar-refractivity contribution in [3.05, 3.63) is 28.6 Å². The van der Waals surface area contributed by atoms with E-state index >= 15 is 0 Å². The van der Waals surface area contributed by atoms with Gasteiger partial charge in [-0.15, -0.1) is 0 Å². The zero-order valence-corrected chi connectivity index (χ0v) is 12.1. The molecule has 0 aliphatic heterocycles. The molecule has 1 aromatic rings. The van der Waals surface area contributed by atoms with Crippen LogP contribution in [0.4, 0.5) is 13.2 Å². The molecule has 0 saturated heterocycles. The summed E-state index contributed by atoms with van der Waals surface area (Å²) in [6.07, 6.45) is -1.74. The quantitative estimate of drug-likeness (QED) is 0.582. The van der Waals surface area contributed by atoms with Crippen LogP contribution in [0.5, 0.6) is 5.75 Å². The van der Waals surface area contributed by atoms with Crippen molar-refractivity contribution in [2.75, 3.05) is 20.0 Å². The van der Waals surface area contributed by atoms with Crippen LogP contribution in [0.2, 0.25) is 0 Å². The number of aliphatic hydroxyl groups is 2. The average Bonchev–Trinajstić information content (AvgIpc) is 2.40. The van der Waals surface area contributed by atoms with Gasteiger partial charge < -0.3 is 19.1 Å². The Labute approximate surface area is 123 Å². The molecule has 0 fully saturated rings. The number of carbonyl (C=O) groups is 1. The molecule has 0 radical (unpaired) electrons. The van der Waals surface area contributed by atoms with Crippen molar-refractivity contribution in [3.63, 3.8) is 0 Å². The highest BCUT2D eigenvalue weighted by atomic mass is 32.2. The highest BCUT2D eigenvalue weighted by molar-refractivity contribution is 7.86. The molecule has 1 unspecified atom stereocenters. The molecule has 0 heterocycles. The Balaban J connectivity index is 3.72. The van der Waals surface area contributed by atoms with Gasteiger partial charge in [0.25, 0.3) is 0 Å². The van der Waals surface area contributed by atoms with Crippen LogP contribution in [-0.4, -0.2) is 44.6 Å². The highest BCUT2D eigenvalue weighted by Gasteiger charge is 2.34. The molecule has 1 aromatic carbocycles. The van der Waals surface area contributed by atoms with Crippen molar-refractivity contribution >= 4 is 16.1 Å². The lowest BCUT2D eigenvalue weighted by Crippen LogP contribution is -2.21. The largest absolute Gasteiger partial charge is 0.491 e. The number of carbonyl (C=O) groups excluding carboxylic acids is 1. The summed E-state index contributed by atoms with van der Waals surface area (Å²) in [7, 11) is -3.62. The molecular weight excluding hydrogens is 333 g/mol. The van der Waals surface area contributed by atoms with Crippen molar-refractivity contribution in [2.24, 2.45) is 0 Å². The normalized spacial score (nSPS) is 12.9. The molecule has 0 amide bonds. The van der Waals surface area contributed by atoms with E-state index in [-0.39, 0.29) is 0 Å². The second kappa shape index (κ2) is 6.50. The molecule has 0 aliphatic rings. The number of halogens is 3. The lowest BCUT2D eigenvalue weighted by atomic mass is 10.00. The number of aliphatic hydroxyl groups excluding tert-OH is 2. The minimum Gasteiger partial charge on any atom is -0.491 e. The van der Waals surface area contributed by atoms with E-state index in [2.05, 4.69) is 8.92 Å². The van der Waals surface area contributed by atoms with E-state index in [9.17, 15) is 31.5 Å². The molecule has 22 heavy (non-hydrogen) atoms. The predicted octanol–water partition coefficient (Wildman–Crippen LogP) is 0.255. The maximum absolute atomic E-state index is 14.1. The third kappa shape index (κ3) is 3.48. The lowest BCUT2D eigenvalue weighted by molar-refractivity contribution is 0.0704. The standard InChI is InChI=1S/C11H11F3O7S/c1-20-10-8(13)6(11(17)21-22(2,18)19)5(4(16)3-15)7(12)9(10)14/h4,15-16H,3H2,1-2H3. The Morgan fingerprint density at radius 3 is 2.18 bits per heavy atom. The number of ether oxygens (including phenoxy) is 1. The molecule has 0 aromatic heterocycles. The van der Waals surface area contributed by atoms with Crippen LogP contribution < -0.4 is 4.74 Å². The fraction of sp³-hybridized carbons (Fsp3) is 0.364. The van der Waals surface area contributed by atoms with Crippen molar-refractivity contribution < 1.29 is 45.5 Å². The van der Waals surface area contributed by atoms with E-state index in [0.29, 0.717) is 6.26 Å². The number of rotatable bonds is 5. The Hall–Kier alpha value is -1.85. The van der Waals surface area contributed by atoms with Crippen LogP contribution in [0.15, 0.2) is 0 Å². The Morgan fingerprint density at radius 1 is 1.23 bits per heavy atom. The summed E-state index contributed by atoms with van der Waals surface area (Å²) < 4.78 is 71.5. The fourth-order valence-corrected chi connectivity index (χ4v) is 1.98. The zero-order valence-electron chi connectivity index (χ0n) is 11.3. The molecular formula is C11H11F3O7S. The molecule has 1 atom stereocenters. The van der Waals surface area contributed by atoms with E-state index in [1.54, 1.807) is 0 Å². The fourth-order valence-electron chi connectivity index (χ4n) is 1.62.